The molecule has 0 spiro atoms. The number of fused-ring (bicyclic) bond motifs is 1. The molecule has 2 aromatic rings. The molecule has 0 radical (unpaired) electrons. The molecule has 0 aromatic heterocycles. The molecule has 0 aliphatic heterocycles. The van der Waals surface area contributed by atoms with E-state index < -0.39 is 0 Å². The Morgan fingerprint density at radius 1 is 1.08 bits per heavy atom. The molecule has 0 amide bonds. The summed E-state index contributed by atoms with van der Waals surface area (Å²) in [6.45, 7) is 0. The number of hydrogen-bond acceptors (Lipinski definition) is 1. The largest absolute Gasteiger partial charge is 0.449 e. The van der Waals surface area contributed by atoms with Gasteiger partial charge < -0.3 is 5.02 Å². The average Bonchev–Trinajstić information content (AvgIpc) is 2.17. The van der Waals surface area contributed by atoms with Gasteiger partial charge in [0.2, 0.25) is 0 Å². The summed E-state index contributed by atoms with van der Waals surface area (Å²) in [6, 6.07) is 12.0. The van der Waals surface area contributed by atoms with E-state index in [-0.39, 0.29) is 7.48 Å². The predicted molar refractivity (Wildman–Crippen MR) is 60.6 cm³/mol. The smallest absolute Gasteiger partial charge is 0.305 e. The average molecular weight is 235 g/mol. The summed E-state index contributed by atoms with van der Waals surface area (Å²) in [4.78, 5) is 0. The maximum atomic E-state index is 9.14. The highest BCUT2D eigenvalue weighted by molar-refractivity contribution is 9.10. The zero-order valence-corrected chi connectivity index (χ0v) is 8.58. The van der Waals surface area contributed by atoms with Crippen LogP contribution in [0.4, 0.5) is 0 Å². The number of halogens is 1. The van der Waals surface area contributed by atoms with Crippen LogP contribution in [0.1, 0.15) is 0 Å². The first-order chi connectivity index (χ1) is 6.33. The molecule has 0 heterocycles. The van der Waals surface area contributed by atoms with Gasteiger partial charge in [-0.3, -0.25) is 0 Å². The van der Waals surface area contributed by atoms with Gasteiger partial charge in [-0.15, -0.1) is 0 Å². The SMILES string of the molecule is OBc1cccc2cccc(Br)c12. The highest BCUT2D eigenvalue weighted by Gasteiger charge is 2.03. The molecule has 0 aliphatic rings. The van der Waals surface area contributed by atoms with E-state index in [0.29, 0.717) is 0 Å². The van der Waals surface area contributed by atoms with Gasteiger partial charge in [0.1, 0.15) is 0 Å². The molecule has 3 heteroatoms. The Labute approximate surface area is 85.8 Å². The van der Waals surface area contributed by atoms with Crippen molar-refractivity contribution < 1.29 is 5.02 Å². The van der Waals surface area contributed by atoms with Gasteiger partial charge in [-0.2, -0.15) is 0 Å². The van der Waals surface area contributed by atoms with E-state index in [9.17, 15) is 0 Å². The second-order valence-corrected chi connectivity index (χ2v) is 3.77. The summed E-state index contributed by atoms with van der Waals surface area (Å²) in [7, 11) is 0.0833. The maximum Gasteiger partial charge on any atom is 0.305 e. The molecule has 0 atom stereocenters. The molecule has 1 N–H and O–H groups in total. The van der Waals surface area contributed by atoms with E-state index in [0.717, 1.165) is 20.7 Å². The summed E-state index contributed by atoms with van der Waals surface area (Å²) in [5, 5.41) is 11.4. The molecular weight excluding hydrogens is 227 g/mol. The minimum Gasteiger partial charge on any atom is -0.449 e. The van der Waals surface area contributed by atoms with Gasteiger partial charge >= 0.3 is 7.48 Å². The monoisotopic (exact) mass is 234 g/mol. The van der Waals surface area contributed by atoms with Crippen LogP contribution < -0.4 is 5.46 Å². The molecule has 0 aliphatic carbocycles. The van der Waals surface area contributed by atoms with E-state index in [1.807, 2.05) is 36.4 Å². The van der Waals surface area contributed by atoms with E-state index in [4.69, 9.17) is 5.02 Å². The fourth-order valence-electron chi connectivity index (χ4n) is 1.50. The topological polar surface area (TPSA) is 20.2 Å². The Balaban J connectivity index is 2.87. The molecule has 0 saturated heterocycles. The lowest BCUT2D eigenvalue weighted by molar-refractivity contribution is 0.616. The van der Waals surface area contributed by atoms with Gasteiger partial charge in [0.15, 0.2) is 0 Å². The Hall–Kier alpha value is -0.795. The minimum atomic E-state index is 0.0833. The number of rotatable bonds is 1. The molecule has 2 rings (SSSR count). The van der Waals surface area contributed by atoms with E-state index in [1.54, 1.807) is 0 Å². The summed E-state index contributed by atoms with van der Waals surface area (Å²) in [6.07, 6.45) is 0. The highest BCUT2D eigenvalue weighted by atomic mass is 79.9. The Morgan fingerprint density at radius 2 is 1.77 bits per heavy atom. The van der Waals surface area contributed by atoms with Gasteiger partial charge in [0.25, 0.3) is 0 Å². The van der Waals surface area contributed by atoms with E-state index >= 15 is 0 Å². The second kappa shape index (κ2) is 3.52. The molecule has 2 aromatic carbocycles. The van der Waals surface area contributed by atoms with Crippen molar-refractivity contribution in [1.82, 2.24) is 0 Å². The van der Waals surface area contributed by atoms with Crippen LogP contribution in [0.5, 0.6) is 0 Å². The van der Waals surface area contributed by atoms with Crippen LogP contribution in [-0.2, 0) is 0 Å². The van der Waals surface area contributed by atoms with Crippen molar-refractivity contribution in [3.05, 3.63) is 40.9 Å². The van der Waals surface area contributed by atoms with Crippen LogP contribution in [0.2, 0.25) is 0 Å². The van der Waals surface area contributed by atoms with Crippen LogP contribution in [0, 0.1) is 0 Å². The van der Waals surface area contributed by atoms with Crippen molar-refractivity contribution in [2.45, 2.75) is 0 Å². The van der Waals surface area contributed by atoms with Crippen molar-refractivity contribution in [3.8, 4) is 0 Å². The van der Waals surface area contributed by atoms with Crippen LogP contribution in [0.25, 0.3) is 10.8 Å². The fourth-order valence-corrected chi connectivity index (χ4v) is 2.14. The van der Waals surface area contributed by atoms with Crippen molar-refractivity contribution in [2.24, 2.45) is 0 Å². The van der Waals surface area contributed by atoms with Crippen LogP contribution >= 0.6 is 15.9 Å². The van der Waals surface area contributed by atoms with Crippen molar-refractivity contribution in [1.29, 1.82) is 0 Å². The number of benzene rings is 2. The Bertz CT molecular complexity index is 437. The quantitative estimate of drug-likeness (QED) is 0.743. The first-order valence-electron chi connectivity index (χ1n) is 4.10. The van der Waals surface area contributed by atoms with Gasteiger partial charge in [-0.1, -0.05) is 46.3 Å². The summed E-state index contributed by atoms with van der Waals surface area (Å²) >= 11 is 3.48. The highest BCUT2D eigenvalue weighted by Crippen LogP contribution is 2.21. The second-order valence-electron chi connectivity index (χ2n) is 2.91. The van der Waals surface area contributed by atoms with Gasteiger partial charge in [-0.05, 0) is 22.3 Å². The standard InChI is InChI=1S/C10H8BBrO/c12-9-6-2-4-7-3-1-5-8(11-13)10(7)9/h1-6,11,13H. The first-order valence-corrected chi connectivity index (χ1v) is 4.89. The molecule has 1 nitrogen and oxygen atoms in total. The van der Waals surface area contributed by atoms with Crippen LogP contribution in [0.3, 0.4) is 0 Å². The molecule has 13 heavy (non-hydrogen) atoms. The normalized spacial score (nSPS) is 10.3. The lowest BCUT2D eigenvalue weighted by atomic mass is 9.84. The minimum absolute atomic E-state index is 0.0833. The summed E-state index contributed by atoms with van der Waals surface area (Å²) in [5.41, 5.74) is 0.963. The van der Waals surface area contributed by atoms with Crippen molar-refractivity contribution in [3.63, 3.8) is 0 Å². The van der Waals surface area contributed by atoms with E-state index in [1.165, 1.54) is 0 Å². The third-order valence-electron chi connectivity index (χ3n) is 2.11. The molecule has 64 valence electrons. The molecular formula is C10H8BBrO. The molecule has 0 bridgehead atoms. The summed E-state index contributed by atoms with van der Waals surface area (Å²) < 4.78 is 1.04. The lowest BCUT2D eigenvalue weighted by Crippen LogP contribution is -2.14. The van der Waals surface area contributed by atoms with Gasteiger partial charge in [0.05, 0.1) is 0 Å². The fraction of sp³-hybridized carbons (Fsp3) is 0. The third-order valence-corrected chi connectivity index (χ3v) is 2.77. The maximum absolute atomic E-state index is 9.14. The lowest BCUT2D eigenvalue weighted by Gasteiger charge is -2.04. The van der Waals surface area contributed by atoms with Gasteiger partial charge in [-0.25, -0.2) is 0 Å². The Morgan fingerprint density at radius 3 is 2.46 bits per heavy atom. The number of hydrogen-bond donors (Lipinski definition) is 1. The Kier molecular flexibility index (Phi) is 2.38. The van der Waals surface area contributed by atoms with E-state index in [2.05, 4.69) is 15.9 Å². The van der Waals surface area contributed by atoms with Crippen molar-refractivity contribution >= 4 is 39.6 Å². The first kappa shape index (κ1) is 8.79. The zero-order chi connectivity index (χ0) is 9.26. The molecule has 0 unspecified atom stereocenters. The predicted octanol–water partition coefficient (Wildman–Crippen LogP) is 1.57. The van der Waals surface area contributed by atoms with Crippen LogP contribution in [-0.4, -0.2) is 12.5 Å². The summed E-state index contributed by atoms with van der Waals surface area (Å²) in [5.74, 6) is 0. The zero-order valence-electron chi connectivity index (χ0n) is 7.00. The van der Waals surface area contributed by atoms with Crippen LogP contribution in [0.15, 0.2) is 40.9 Å². The molecule has 0 fully saturated rings. The van der Waals surface area contributed by atoms with Gasteiger partial charge in [0, 0.05) is 4.47 Å². The molecule has 0 saturated carbocycles. The third kappa shape index (κ3) is 1.49. The van der Waals surface area contributed by atoms with Crippen molar-refractivity contribution in [2.75, 3.05) is 0 Å².